The van der Waals surface area contributed by atoms with E-state index in [1.165, 1.54) is 6.07 Å². The van der Waals surface area contributed by atoms with Crippen molar-refractivity contribution in [3.05, 3.63) is 53.6 Å². The molecule has 0 spiro atoms. The Kier molecular flexibility index (Phi) is 3.59. The van der Waals surface area contributed by atoms with Crippen LogP contribution in [0.5, 0.6) is 0 Å². The summed E-state index contributed by atoms with van der Waals surface area (Å²) >= 11 is 0. The maximum atomic E-state index is 11.3. The van der Waals surface area contributed by atoms with Gasteiger partial charge in [-0.1, -0.05) is 18.2 Å². The second kappa shape index (κ2) is 5.03. The Hall–Kier alpha value is -1.85. The third-order valence-electron chi connectivity index (χ3n) is 2.67. The molecule has 2 N–H and O–H groups in total. The molecule has 4 nitrogen and oxygen atoms in total. The molecule has 2 aromatic carbocycles. The third-order valence-corrected chi connectivity index (χ3v) is 3.58. The highest BCUT2D eigenvalue weighted by molar-refractivity contribution is 7.86. The number of rotatable bonds is 3. The lowest BCUT2D eigenvalue weighted by Crippen LogP contribution is -2.03. The maximum Gasteiger partial charge on any atom is 0.296 e. The molecule has 19 heavy (non-hydrogen) atoms. The quantitative estimate of drug-likeness (QED) is 0.845. The maximum absolute atomic E-state index is 11.3. The molecule has 0 fully saturated rings. The molecule has 0 radical (unpaired) electrons. The van der Waals surface area contributed by atoms with Crippen LogP contribution in [0.4, 0.5) is 11.4 Å². The second-order valence-electron chi connectivity index (χ2n) is 4.47. The van der Waals surface area contributed by atoms with E-state index in [2.05, 4.69) is 5.32 Å². The summed E-state index contributed by atoms with van der Waals surface area (Å²) in [5, 5.41) is 3.02. The molecule has 0 aromatic heterocycles. The van der Waals surface area contributed by atoms with E-state index in [4.69, 9.17) is 0 Å². The lowest BCUT2D eigenvalue weighted by Gasteiger charge is -2.11. The minimum absolute atomic E-state index is 0.130. The molecule has 2 aromatic rings. The van der Waals surface area contributed by atoms with E-state index >= 15 is 0 Å². The average molecular weight is 277 g/mol. The van der Waals surface area contributed by atoms with Crippen molar-refractivity contribution in [1.29, 1.82) is 0 Å². The van der Waals surface area contributed by atoms with Gasteiger partial charge in [-0.25, -0.2) is 0 Å². The summed E-state index contributed by atoms with van der Waals surface area (Å²) in [6, 6.07) is 12.1. The number of anilines is 2. The van der Waals surface area contributed by atoms with E-state index in [0.717, 1.165) is 16.8 Å². The van der Waals surface area contributed by atoms with Crippen LogP contribution in [-0.2, 0) is 10.1 Å². The molecule has 0 heterocycles. The zero-order valence-electron chi connectivity index (χ0n) is 10.7. The van der Waals surface area contributed by atoms with Crippen LogP contribution in [0.15, 0.2) is 47.4 Å². The molecular formula is C14H15NO3S. The topological polar surface area (TPSA) is 66.4 Å². The van der Waals surface area contributed by atoms with Gasteiger partial charge in [-0.2, -0.15) is 8.42 Å². The fraction of sp³-hybridized carbons (Fsp3) is 0.143. The van der Waals surface area contributed by atoms with Gasteiger partial charge in [0.25, 0.3) is 10.1 Å². The zero-order chi connectivity index (χ0) is 14.0. The summed E-state index contributed by atoms with van der Waals surface area (Å²) in [6.45, 7) is 3.93. The predicted octanol–water partition coefficient (Wildman–Crippen LogP) is 3.29. The molecule has 0 saturated heterocycles. The molecule has 100 valence electrons. The van der Waals surface area contributed by atoms with Crippen molar-refractivity contribution in [3.63, 3.8) is 0 Å². The normalized spacial score (nSPS) is 11.3. The SMILES string of the molecule is Cc1cc(C)cc(Nc2ccccc2S(=O)(=O)O)c1. The number of benzene rings is 2. The summed E-state index contributed by atoms with van der Waals surface area (Å²) in [5.41, 5.74) is 3.29. The van der Waals surface area contributed by atoms with E-state index in [-0.39, 0.29) is 4.90 Å². The molecule has 0 unspecified atom stereocenters. The Balaban J connectivity index is 2.44. The number of para-hydroxylation sites is 1. The second-order valence-corrected chi connectivity index (χ2v) is 5.86. The van der Waals surface area contributed by atoms with E-state index in [1.54, 1.807) is 18.2 Å². The van der Waals surface area contributed by atoms with E-state index in [9.17, 15) is 13.0 Å². The minimum atomic E-state index is -4.24. The van der Waals surface area contributed by atoms with Crippen LogP contribution in [0.2, 0.25) is 0 Å². The van der Waals surface area contributed by atoms with E-state index in [1.807, 2.05) is 32.0 Å². The van der Waals surface area contributed by atoms with Crippen molar-refractivity contribution in [3.8, 4) is 0 Å². The molecule has 0 aliphatic carbocycles. The van der Waals surface area contributed by atoms with Gasteiger partial charge in [0, 0.05) is 5.69 Å². The van der Waals surface area contributed by atoms with Crippen LogP contribution in [0.1, 0.15) is 11.1 Å². The van der Waals surface area contributed by atoms with Crippen molar-refractivity contribution < 1.29 is 13.0 Å². The minimum Gasteiger partial charge on any atom is -0.354 e. The predicted molar refractivity (Wildman–Crippen MR) is 75.5 cm³/mol. The summed E-state index contributed by atoms with van der Waals surface area (Å²) in [5.74, 6) is 0. The molecule has 0 atom stereocenters. The van der Waals surface area contributed by atoms with Gasteiger partial charge in [-0.3, -0.25) is 4.55 Å². The summed E-state index contributed by atoms with van der Waals surface area (Å²) in [4.78, 5) is -0.130. The van der Waals surface area contributed by atoms with Gasteiger partial charge in [0.1, 0.15) is 4.90 Å². The Bertz CT molecular complexity index is 688. The number of aryl methyl sites for hydroxylation is 2. The van der Waals surface area contributed by atoms with Crippen molar-refractivity contribution in [2.45, 2.75) is 18.7 Å². The van der Waals surface area contributed by atoms with Crippen LogP contribution in [0.3, 0.4) is 0 Å². The average Bonchev–Trinajstić information content (AvgIpc) is 2.26. The Morgan fingerprint density at radius 2 is 1.58 bits per heavy atom. The highest BCUT2D eigenvalue weighted by Gasteiger charge is 2.14. The van der Waals surface area contributed by atoms with Crippen molar-refractivity contribution in [1.82, 2.24) is 0 Å². The first-order valence-electron chi connectivity index (χ1n) is 5.78. The van der Waals surface area contributed by atoms with Gasteiger partial charge in [-0.15, -0.1) is 0 Å². The lowest BCUT2D eigenvalue weighted by atomic mass is 10.1. The fourth-order valence-corrected chi connectivity index (χ4v) is 2.64. The number of nitrogens with one attached hydrogen (secondary N) is 1. The highest BCUT2D eigenvalue weighted by atomic mass is 32.2. The molecule has 0 amide bonds. The molecule has 5 heteroatoms. The lowest BCUT2D eigenvalue weighted by molar-refractivity contribution is 0.483. The van der Waals surface area contributed by atoms with Crippen LogP contribution in [0, 0.1) is 13.8 Å². The molecule has 0 aliphatic heterocycles. The van der Waals surface area contributed by atoms with E-state index in [0.29, 0.717) is 5.69 Å². The number of hydrogen-bond acceptors (Lipinski definition) is 3. The van der Waals surface area contributed by atoms with Crippen LogP contribution in [0.25, 0.3) is 0 Å². The molecule has 0 bridgehead atoms. The molecule has 0 aliphatic rings. The van der Waals surface area contributed by atoms with Crippen LogP contribution >= 0.6 is 0 Å². The first-order chi connectivity index (χ1) is 8.86. The fourth-order valence-electron chi connectivity index (χ4n) is 2.00. The zero-order valence-corrected chi connectivity index (χ0v) is 11.5. The smallest absolute Gasteiger partial charge is 0.296 e. The first kappa shape index (κ1) is 13.6. The largest absolute Gasteiger partial charge is 0.354 e. The number of hydrogen-bond donors (Lipinski definition) is 2. The summed E-state index contributed by atoms with van der Waals surface area (Å²) in [7, 11) is -4.24. The van der Waals surface area contributed by atoms with Gasteiger partial charge in [0.15, 0.2) is 0 Å². The first-order valence-corrected chi connectivity index (χ1v) is 7.22. The standard InChI is InChI=1S/C14H15NO3S/c1-10-7-11(2)9-12(8-10)15-13-5-3-4-6-14(13)19(16,17)18/h3-9,15H,1-2H3,(H,16,17,18). The van der Waals surface area contributed by atoms with Crippen LogP contribution in [-0.4, -0.2) is 13.0 Å². The molecule has 0 saturated carbocycles. The molecular weight excluding hydrogens is 262 g/mol. The summed E-state index contributed by atoms with van der Waals surface area (Å²) in [6.07, 6.45) is 0. The van der Waals surface area contributed by atoms with Gasteiger partial charge in [0.05, 0.1) is 5.69 Å². The van der Waals surface area contributed by atoms with Gasteiger partial charge in [0.2, 0.25) is 0 Å². The van der Waals surface area contributed by atoms with Gasteiger partial charge < -0.3 is 5.32 Å². The molecule has 2 rings (SSSR count). The Labute approximate surface area is 112 Å². The van der Waals surface area contributed by atoms with Crippen molar-refractivity contribution >= 4 is 21.5 Å². The highest BCUT2D eigenvalue weighted by Crippen LogP contribution is 2.25. The monoisotopic (exact) mass is 277 g/mol. The summed E-state index contributed by atoms with van der Waals surface area (Å²) < 4.78 is 31.8. The van der Waals surface area contributed by atoms with Gasteiger partial charge in [-0.05, 0) is 49.2 Å². The third kappa shape index (κ3) is 3.33. The Morgan fingerprint density at radius 1 is 1.00 bits per heavy atom. The van der Waals surface area contributed by atoms with Crippen molar-refractivity contribution in [2.24, 2.45) is 0 Å². The van der Waals surface area contributed by atoms with Crippen LogP contribution < -0.4 is 5.32 Å². The van der Waals surface area contributed by atoms with Crippen molar-refractivity contribution in [2.75, 3.05) is 5.32 Å². The Morgan fingerprint density at radius 3 is 2.16 bits per heavy atom. The van der Waals surface area contributed by atoms with E-state index < -0.39 is 10.1 Å². The van der Waals surface area contributed by atoms with Gasteiger partial charge >= 0.3 is 0 Å².